The van der Waals surface area contributed by atoms with E-state index >= 15 is 0 Å². The summed E-state index contributed by atoms with van der Waals surface area (Å²) in [6, 6.07) is 13.7. The lowest BCUT2D eigenvalue weighted by Crippen LogP contribution is -2.54. The molecule has 3 heteroatoms. The minimum atomic E-state index is -0.352. The van der Waals surface area contributed by atoms with Crippen LogP contribution in [0.5, 0.6) is 0 Å². The molecule has 0 amide bonds. The minimum absolute atomic E-state index is 0.0670. The molecule has 2 atom stereocenters. The number of anilines is 2. The van der Waals surface area contributed by atoms with Crippen LogP contribution < -0.4 is 4.90 Å². The fourth-order valence-electron chi connectivity index (χ4n) is 4.74. The Morgan fingerprint density at radius 3 is 2.48 bits per heavy atom. The van der Waals surface area contributed by atoms with Crippen LogP contribution in [0.15, 0.2) is 42.5 Å². The molecule has 1 heterocycles. The number of nitrogens with zero attached hydrogens (tertiary/aromatic N) is 1. The van der Waals surface area contributed by atoms with E-state index in [2.05, 4.69) is 43.0 Å². The molecule has 1 fully saturated rings. The van der Waals surface area contributed by atoms with E-state index in [0.29, 0.717) is 0 Å². The zero-order valence-corrected chi connectivity index (χ0v) is 14.3. The summed E-state index contributed by atoms with van der Waals surface area (Å²) < 4.78 is 14.1. The summed E-state index contributed by atoms with van der Waals surface area (Å²) >= 11 is 6.36. The van der Waals surface area contributed by atoms with Gasteiger partial charge in [-0.15, -0.1) is 0 Å². The molecule has 2 unspecified atom stereocenters. The third kappa shape index (κ3) is 1.85. The zero-order valence-electron chi connectivity index (χ0n) is 13.6. The summed E-state index contributed by atoms with van der Waals surface area (Å²) in [5.74, 6) is -0.352. The van der Waals surface area contributed by atoms with Crippen LogP contribution in [0.25, 0.3) is 0 Å². The van der Waals surface area contributed by atoms with Gasteiger partial charge in [0, 0.05) is 11.1 Å². The number of fused-ring (bicyclic) bond motifs is 3. The van der Waals surface area contributed by atoms with Crippen LogP contribution in [0.1, 0.15) is 45.1 Å². The first-order chi connectivity index (χ1) is 11.0. The predicted octanol–water partition coefficient (Wildman–Crippen LogP) is 6.22. The first-order valence-electron chi connectivity index (χ1n) is 8.33. The van der Waals surface area contributed by atoms with E-state index in [-0.39, 0.29) is 21.8 Å². The van der Waals surface area contributed by atoms with Crippen molar-refractivity contribution in [1.82, 2.24) is 0 Å². The molecule has 0 aromatic heterocycles. The minimum Gasteiger partial charge on any atom is -0.333 e. The highest BCUT2D eigenvalue weighted by atomic mass is 35.5. The Labute approximate surface area is 142 Å². The van der Waals surface area contributed by atoms with Crippen molar-refractivity contribution >= 4 is 23.0 Å². The SMILES string of the molecule is CC12CCCCC1(C)N(c1cccc(F)c1Cl)c1ccccc12. The van der Waals surface area contributed by atoms with Gasteiger partial charge >= 0.3 is 0 Å². The Balaban J connectivity index is 2.00. The van der Waals surface area contributed by atoms with E-state index < -0.39 is 0 Å². The number of halogens is 2. The summed E-state index contributed by atoms with van der Waals surface area (Å²) in [6.07, 6.45) is 4.68. The molecular weight excluding hydrogens is 309 g/mol. The van der Waals surface area contributed by atoms with Crippen molar-refractivity contribution in [3.05, 3.63) is 58.9 Å². The van der Waals surface area contributed by atoms with Gasteiger partial charge in [0.25, 0.3) is 0 Å². The topological polar surface area (TPSA) is 3.24 Å². The molecule has 1 saturated carbocycles. The van der Waals surface area contributed by atoms with Crippen LogP contribution in [0.3, 0.4) is 0 Å². The lowest BCUT2D eigenvalue weighted by molar-refractivity contribution is 0.195. The molecule has 0 radical (unpaired) electrons. The highest BCUT2D eigenvalue weighted by molar-refractivity contribution is 6.33. The van der Waals surface area contributed by atoms with Crippen LogP contribution in [0.4, 0.5) is 15.8 Å². The molecule has 2 aromatic rings. The van der Waals surface area contributed by atoms with Gasteiger partial charge in [-0.25, -0.2) is 4.39 Å². The molecule has 0 bridgehead atoms. The molecule has 1 aliphatic heterocycles. The maximum absolute atomic E-state index is 14.1. The molecule has 120 valence electrons. The average Bonchev–Trinajstić information content (AvgIpc) is 2.75. The number of benzene rings is 2. The van der Waals surface area contributed by atoms with E-state index in [1.165, 1.54) is 30.2 Å². The third-order valence-electron chi connectivity index (χ3n) is 6.18. The second-order valence-corrected chi connectivity index (χ2v) is 7.62. The molecule has 4 rings (SSSR count). The van der Waals surface area contributed by atoms with Gasteiger partial charge in [-0.2, -0.15) is 0 Å². The van der Waals surface area contributed by atoms with Gasteiger partial charge < -0.3 is 4.90 Å². The summed E-state index contributed by atoms with van der Waals surface area (Å²) in [6.45, 7) is 4.67. The Morgan fingerprint density at radius 2 is 1.65 bits per heavy atom. The van der Waals surface area contributed by atoms with Crippen LogP contribution >= 0.6 is 11.6 Å². The van der Waals surface area contributed by atoms with Crippen LogP contribution in [0, 0.1) is 5.82 Å². The second-order valence-electron chi connectivity index (χ2n) is 7.24. The molecule has 1 nitrogen and oxygen atoms in total. The van der Waals surface area contributed by atoms with Crippen molar-refractivity contribution in [1.29, 1.82) is 0 Å². The smallest absolute Gasteiger partial charge is 0.143 e. The maximum Gasteiger partial charge on any atom is 0.143 e. The molecule has 2 aromatic carbocycles. The standard InChI is InChI=1S/C20H21ClFN/c1-19-12-5-6-13-20(19,2)23(16-10-4-3-8-14(16)19)17-11-7-9-15(22)18(17)21/h3-4,7-11H,5-6,12-13H2,1-2H3. The summed E-state index contributed by atoms with van der Waals surface area (Å²) in [7, 11) is 0. The zero-order chi connectivity index (χ0) is 16.2. The summed E-state index contributed by atoms with van der Waals surface area (Å²) in [5.41, 5.74) is 3.31. The van der Waals surface area contributed by atoms with Crippen LogP contribution in [-0.4, -0.2) is 5.54 Å². The largest absolute Gasteiger partial charge is 0.333 e. The Bertz CT molecular complexity index is 774. The monoisotopic (exact) mass is 329 g/mol. The fourth-order valence-corrected chi connectivity index (χ4v) is 4.95. The number of hydrogen-bond donors (Lipinski definition) is 0. The van der Waals surface area contributed by atoms with Gasteiger partial charge in [0.05, 0.1) is 16.2 Å². The van der Waals surface area contributed by atoms with Crippen molar-refractivity contribution in [2.24, 2.45) is 0 Å². The number of hydrogen-bond acceptors (Lipinski definition) is 1. The van der Waals surface area contributed by atoms with Gasteiger partial charge in [-0.05, 0) is 43.5 Å². The first kappa shape index (κ1) is 15.0. The Morgan fingerprint density at radius 1 is 0.957 bits per heavy atom. The number of para-hydroxylation sites is 1. The fraction of sp³-hybridized carbons (Fsp3) is 0.400. The van der Waals surface area contributed by atoms with E-state index in [1.54, 1.807) is 6.07 Å². The molecule has 23 heavy (non-hydrogen) atoms. The average molecular weight is 330 g/mol. The van der Waals surface area contributed by atoms with Crippen LogP contribution in [0.2, 0.25) is 5.02 Å². The molecule has 0 N–H and O–H groups in total. The van der Waals surface area contributed by atoms with Crippen molar-refractivity contribution < 1.29 is 4.39 Å². The van der Waals surface area contributed by atoms with E-state index in [9.17, 15) is 4.39 Å². The Kier molecular flexibility index (Phi) is 3.25. The van der Waals surface area contributed by atoms with E-state index in [1.807, 2.05) is 6.07 Å². The summed E-state index contributed by atoms with van der Waals surface area (Å²) in [4.78, 5) is 2.30. The van der Waals surface area contributed by atoms with E-state index in [0.717, 1.165) is 18.5 Å². The van der Waals surface area contributed by atoms with Crippen LogP contribution in [-0.2, 0) is 5.41 Å². The van der Waals surface area contributed by atoms with Crippen molar-refractivity contribution in [3.63, 3.8) is 0 Å². The highest BCUT2D eigenvalue weighted by Gasteiger charge is 2.57. The lowest BCUT2D eigenvalue weighted by atomic mass is 9.61. The summed E-state index contributed by atoms with van der Waals surface area (Å²) in [5, 5.41) is 0.221. The van der Waals surface area contributed by atoms with Crippen molar-refractivity contribution in [2.75, 3.05) is 4.90 Å². The maximum atomic E-state index is 14.1. The molecule has 0 spiro atoms. The molecule has 0 saturated heterocycles. The normalized spacial score (nSPS) is 29.3. The van der Waals surface area contributed by atoms with Crippen molar-refractivity contribution in [3.8, 4) is 0 Å². The second kappa shape index (κ2) is 4.98. The highest BCUT2D eigenvalue weighted by Crippen LogP contribution is 2.61. The predicted molar refractivity (Wildman–Crippen MR) is 94.2 cm³/mol. The lowest BCUT2D eigenvalue weighted by Gasteiger charge is -2.50. The molecular formula is C20H21ClFN. The third-order valence-corrected chi connectivity index (χ3v) is 6.56. The van der Waals surface area contributed by atoms with Gasteiger partial charge in [0.2, 0.25) is 0 Å². The quantitative estimate of drug-likeness (QED) is 0.600. The van der Waals surface area contributed by atoms with Gasteiger partial charge in [0.1, 0.15) is 5.82 Å². The van der Waals surface area contributed by atoms with Gasteiger partial charge in [-0.1, -0.05) is 55.6 Å². The van der Waals surface area contributed by atoms with E-state index in [4.69, 9.17) is 11.6 Å². The Hall–Kier alpha value is -1.54. The molecule has 2 aliphatic rings. The van der Waals surface area contributed by atoms with Gasteiger partial charge in [0.15, 0.2) is 0 Å². The van der Waals surface area contributed by atoms with Gasteiger partial charge in [-0.3, -0.25) is 0 Å². The molecule has 1 aliphatic carbocycles. The van der Waals surface area contributed by atoms with Crippen molar-refractivity contribution in [2.45, 2.75) is 50.5 Å². The number of rotatable bonds is 1. The first-order valence-corrected chi connectivity index (χ1v) is 8.71.